The third-order valence-corrected chi connectivity index (χ3v) is 29.3. The third kappa shape index (κ3) is 21.0. The summed E-state index contributed by atoms with van der Waals surface area (Å²) in [5, 5.41) is 10.9. The molecule has 0 bridgehead atoms. The summed E-state index contributed by atoms with van der Waals surface area (Å²) in [6, 6.07) is 71.2. The molecule has 21 aromatic rings. The van der Waals surface area contributed by atoms with Gasteiger partial charge in [0.25, 0.3) is 0 Å². The van der Waals surface area contributed by atoms with Crippen molar-refractivity contribution in [1.82, 2.24) is 75.8 Å². The molecule has 0 radical (unpaired) electrons. The number of benzene rings is 6. The van der Waals surface area contributed by atoms with Crippen LogP contribution < -0.4 is 0 Å². The van der Waals surface area contributed by atoms with Gasteiger partial charge in [-0.2, -0.15) is 5.10 Å². The minimum Gasteiger partial charge on any atom is -0.340 e. The van der Waals surface area contributed by atoms with Crippen LogP contribution >= 0.6 is 45.8 Å². The first kappa shape index (κ1) is 95.7. The zero-order valence-electron chi connectivity index (χ0n) is 79.9. The molecule has 0 aliphatic rings. The molecule has 15 aromatic heterocycles. The number of fused-ring (bicyclic) bond motifs is 6. The summed E-state index contributed by atoms with van der Waals surface area (Å²) in [6.45, 7) is 26.1. The summed E-state index contributed by atoms with van der Waals surface area (Å²) in [4.78, 5) is 95.1. The smallest absolute Gasteiger partial charge is 0.188 e. The molecule has 0 aliphatic carbocycles. The molecule has 21 rings (SSSR count). The molecule has 0 amide bonds. The van der Waals surface area contributed by atoms with E-state index in [1.54, 1.807) is 33.1 Å². The predicted octanol–water partition coefficient (Wildman–Crippen LogP) is 23.8. The highest BCUT2D eigenvalue weighted by Crippen LogP contribution is 2.38. The summed E-state index contributed by atoms with van der Waals surface area (Å²) in [5.74, 6) is -0.0318. The van der Waals surface area contributed by atoms with E-state index in [-0.39, 0.29) is 69.4 Å². The number of thiophene rings is 2. The Labute approximate surface area is 822 Å². The number of ketones is 5. The van der Waals surface area contributed by atoms with Gasteiger partial charge in [0.1, 0.15) is 38.8 Å². The van der Waals surface area contributed by atoms with Gasteiger partial charge in [0.05, 0.1) is 132 Å². The molecular formula is C111H101ClN16O7S4. The minimum absolute atomic E-state index is 0.00520. The predicted molar refractivity (Wildman–Crippen MR) is 555 cm³/mol. The van der Waals surface area contributed by atoms with Crippen LogP contribution in [0.2, 0.25) is 5.02 Å². The number of hydrogen-bond donors (Lipinski definition) is 0. The highest BCUT2D eigenvalue weighted by atomic mass is 35.5. The number of aromatic nitrogens is 16. The molecule has 139 heavy (non-hydrogen) atoms. The summed E-state index contributed by atoms with van der Waals surface area (Å²) in [5.41, 5.74) is 32.7. The van der Waals surface area contributed by atoms with Gasteiger partial charge in [0.15, 0.2) is 38.8 Å². The van der Waals surface area contributed by atoms with Crippen LogP contribution in [0.3, 0.4) is 0 Å². The monoisotopic (exact) mass is 1930 g/mol. The van der Waals surface area contributed by atoms with Crippen LogP contribution in [-0.2, 0) is 56.0 Å². The number of carbonyl (C=O) groups excluding carboxylic acids is 5. The molecule has 15 heterocycles. The molecule has 0 fully saturated rings. The lowest BCUT2D eigenvalue weighted by molar-refractivity contribution is 0.0980. The SMILES string of the molecule is Cc1ccc(-c2nc3ccc(C)cn3c2CC(=O)c2c(C)nn(C)c2C)cc1.Cc1ccc(-c2nc3ccc(C)cn3c2CC(=O)c2cc3ccccc3s2)cc1.Cc1ccc(-c2nc3ccc(C)cn3c2CC(=O)c2cn(C)cn2)cc1.Cc1ccc(-c2nc3ccc(C)cn3c2CC(=O)c2scc(S(C)(=O)=O)c2Cl)cc1.Cc1ccc(-c2nc3ccc(C)cn3c2CC(=O)c2snnc2C)cc1. The number of aryl methyl sites for hydroxylation is 14. The molecule has 0 saturated heterocycles. The van der Waals surface area contributed by atoms with Gasteiger partial charge < -0.3 is 26.6 Å². The lowest BCUT2D eigenvalue weighted by Gasteiger charge is -2.07. The zero-order valence-corrected chi connectivity index (χ0v) is 83.9. The lowest BCUT2D eigenvalue weighted by atomic mass is 10.0. The average Bonchev–Trinajstić information content (AvgIpc) is 2.16. The molecule has 6 aromatic carbocycles. The number of Topliss-reactive ketones (excluding diaryl/α,β-unsaturated/α-hetero) is 5. The number of pyridine rings is 5. The van der Waals surface area contributed by atoms with Gasteiger partial charge in [-0.25, -0.2) is 38.3 Å². The first-order chi connectivity index (χ1) is 66.6. The van der Waals surface area contributed by atoms with Crippen molar-refractivity contribution >= 4 is 123 Å². The molecular weight excluding hydrogens is 1830 g/mol. The fourth-order valence-electron chi connectivity index (χ4n) is 16.8. The van der Waals surface area contributed by atoms with Gasteiger partial charge in [-0.1, -0.05) is 214 Å². The fourth-order valence-corrected chi connectivity index (χ4v) is 21.3. The maximum absolute atomic E-state index is 13.2. The molecule has 0 unspecified atom stereocenters. The van der Waals surface area contributed by atoms with E-state index in [1.807, 2.05) is 209 Å². The first-order valence-corrected chi connectivity index (χ1v) is 50.0. The van der Waals surface area contributed by atoms with E-state index in [4.69, 9.17) is 36.5 Å². The van der Waals surface area contributed by atoms with Crippen LogP contribution in [0.15, 0.2) is 266 Å². The highest BCUT2D eigenvalue weighted by Gasteiger charge is 2.30. The van der Waals surface area contributed by atoms with Crippen LogP contribution in [0, 0.1) is 90.0 Å². The van der Waals surface area contributed by atoms with E-state index in [2.05, 4.69) is 180 Å². The quantitative estimate of drug-likeness (QED) is 0.0605. The first-order valence-electron chi connectivity index (χ1n) is 45.2. The minimum atomic E-state index is -3.50. The fraction of sp³-hybridized carbons (Fsp3) is 0.189. The van der Waals surface area contributed by atoms with E-state index in [0.29, 0.717) is 28.2 Å². The van der Waals surface area contributed by atoms with E-state index >= 15 is 0 Å². The van der Waals surface area contributed by atoms with Gasteiger partial charge >= 0.3 is 0 Å². The number of hydrogen-bond acceptors (Lipinski definition) is 19. The number of imidazole rings is 6. The average molecular weight is 1930 g/mol. The Morgan fingerprint density at radius 2 is 0.705 bits per heavy atom. The molecule has 28 heteroatoms. The molecule has 0 saturated carbocycles. The summed E-state index contributed by atoms with van der Waals surface area (Å²) >= 11 is 10.0. The number of nitrogens with zero attached hydrogens (tertiary/aromatic N) is 16. The van der Waals surface area contributed by atoms with Crippen molar-refractivity contribution < 1.29 is 32.4 Å². The topological polar surface area (TPSA) is 267 Å². The number of sulfone groups is 1. The maximum atomic E-state index is 13.2. The molecule has 698 valence electrons. The summed E-state index contributed by atoms with van der Waals surface area (Å²) in [6.07, 6.45) is 15.8. The summed E-state index contributed by atoms with van der Waals surface area (Å²) in [7, 11) is 0.235. The second-order valence-electron chi connectivity index (χ2n) is 35.5. The lowest BCUT2D eigenvalue weighted by Crippen LogP contribution is -2.09. The zero-order chi connectivity index (χ0) is 98.1. The van der Waals surface area contributed by atoms with Crippen LogP contribution in [0.25, 0.3) is 94.6 Å². The van der Waals surface area contributed by atoms with Crippen molar-refractivity contribution in [2.75, 3.05) is 6.26 Å². The van der Waals surface area contributed by atoms with Gasteiger partial charge in [0, 0.05) is 101 Å². The Hall–Kier alpha value is -15.0. The third-order valence-electron chi connectivity index (χ3n) is 24.3. The second kappa shape index (κ2) is 40.4. The van der Waals surface area contributed by atoms with Crippen LogP contribution in [0.4, 0.5) is 0 Å². The number of halogens is 1. The Morgan fingerprint density at radius 3 is 1.01 bits per heavy atom. The normalized spacial score (nSPS) is 11.4. The Bertz CT molecular complexity index is 8400. The molecule has 0 atom stereocenters. The van der Waals surface area contributed by atoms with E-state index in [9.17, 15) is 32.4 Å². The van der Waals surface area contributed by atoms with E-state index in [0.717, 1.165) is 202 Å². The van der Waals surface area contributed by atoms with E-state index < -0.39 is 9.84 Å². The van der Waals surface area contributed by atoms with Crippen LogP contribution in [0.1, 0.15) is 151 Å². The molecule has 23 nitrogen and oxygen atoms in total. The molecule has 0 aliphatic heterocycles. The van der Waals surface area contributed by atoms with Crippen LogP contribution in [-0.4, -0.2) is 119 Å². The van der Waals surface area contributed by atoms with Gasteiger partial charge in [-0.3, -0.25) is 28.7 Å². The summed E-state index contributed by atoms with van der Waals surface area (Å²) < 4.78 is 42.4. The van der Waals surface area contributed by atoms with E-state index in [1.165, 1.54) is 27.6 Å². The Balaban J connectivity index is 0.000000120. The van der Waals surface area contributed by atoms with Crippen LogP contribution in [0.5, 0.6) is 0 Å². The van der Waals surface area contributed by atoms with Gasteiger partial charge in [0.2, 0.25) is 0 Å². The largest absolute Gasteiger partial charge is 0.340 e. The molecule has 0 N–H and O–H groups in total. The Morgan fingerprint density at radius 1 is 0.374 bits per heavy atom. The van der Waals surface area contributed by atoms with Gasteiger partial charge in [-0.05, 0) is 177 Å². The Kier molecular flexibility index (Phi) is 27.8. The highest BCUT2D eigenvalue weighted by molar-refractivity contribution is 7.91. The van der Waals surface area contributed by atoms with Gasteiger partial charge in [-0.15, -0.1) is 27.8 Å². The van der Waals surface area contributed by atoms with Crippen molar-refractivity contribution in [3.63, 3.8) is 0 Å². The van der Waals surface area contributed by atoms with Crippen molar-refractivity contribution in [3.05, 3.63) is 393 Å². The molecule has 0 spiro atoms. The maximum Gasteiger partial charge on any atom is 0.188 e. The second-order valence-corrected chi connectivity index (χ2v) is 40.6. The number of rotatable bonds is 21. The van der Waals surface area contributed by atoms with Crippen molar-refractivity contribution in [3.8, 4) is 56.3 Å². The van der Waals surface area contributed by atoms with Crippen molar-refractivity contribution in [2.45, 2.75) is 127 Å². The van der Waals surface area contributed by atoms with Crippen molar-refractivity contribution in [2.24, 2.45) is 14.1 Å². The number of carbonyl (C=O) groups is 5. The van der Waals surface area contributed by atoms with Crippen molar-refractivity contribution in [1.29, 1.82) is 0 Å². The standard InChI is InChI=1S/C25H20N2OS.C23H24N4O.C22H19ClN2O3S2.C21H20N4O.C20H18N4OS/c1-16-7-10-18(11-8-16)25-20(27-15-17(2)9-12-24(27)26-25)14-21(28)23-13-19-5-3-4-6-22(19)29-23;1-14-6-9-18(10-7-14)23-19(27-13-15(2)8-11-21(27)24-23)12-20(28)22-16(3)25-26(5)17(22)4;1-13-4-7-15(8-5-13)21-16(25-11-14(2)6-9-19(25)24-21)10-17(26)22-20(23)18(12-29-22)30(3,27)28;1-14-4-7-16(8-5-14)21-18(10-19(26)17-12-24(3)13-22-17)25-11-15(2)6-9-20(25)23-21;1-12-4-7-15(8-5-12)19-16(10-17(25)20-14(3)22-23-26-20)24-11-13(2)6-9-18(24)21-19/h3-13,15H,14H2,1-2H3;6-11,13H,12H2,1-5H3;4-9,11-12H,10H2,1-3H3;4-9,11-13H,10H2,1-3H3;4-9,11H,10H2,1-3H3.